The van der Waals surface area contributed by atoms with Gasteiger partial charge in [0.25, 0.3) is 0 Å². The molecule has 2 aromatic rings. The Morgan fingerprint density at radius 1 is 1.18 bits per heavy atom. The molecule has 2 rings (SSSR count). The van der Waals surface area contributed by atoms with E-state index in [0.29, 0.717) is 29.8 Å². The minimum absolute atomic E-state index is 0.116. The van der Waals surface area contributed by atoms with Crippen molar-refractivity contribution < 1.29 is 23.5 Å². The molecule has 0 fully saturated rings. The molecule has 2 N–H and O–H groups in total. The number of furan rings is 1. The van der Waals surface area contributed by atoms with Gasteiger partial charge in [-0.15, -0.1) is 0 Å². The Morgan fingerprint density at radius 3 is 2.68 bits per heavy atom. The van der Waals surface area contributed by atoms with E-state index in [2.05, 4.69) is 24.5 Å². The minimum atomic E-state index is -0.368. The van der Waals surface area contributed by atoms with E-state index in [-0.39, 0.29) is 24.9 Å². The summed E-state index contributed by atoms with van der Waals surface area (Å²) in [4.78, 5) is 23.6. The molecule has 0 atom stereocenters. The van der Waals surface area contributed by atoms with Crippen LogP contribution in [-0.4, -0.2) is 32.1 Å². The number of carbonyl (C=O) groups is 2. The van der Waals surface area contributed by atoms with Crippen molar-refractivity contribution >= 4 is 17.9 Å². The molecule has 0 spiro atoms. The Hall–Kier alpha value is -3.22. The van der Waals surface area contributed by atoms with Crippen molar-refractivity contribution in [3.8, 4) is 11.5 Å². The van der Waals surface area contributed by atoms with Gasteiger partial charge in [-0.05, 0) is 41.8 Å². The summed E-state index contributed by atoms with van der Waals surface area (Å²) in [6.07, 6.45) is 4.54. The van der Waals surface area contributed by atoms with Gasteiger partial charge in [-0.3, -0.25) is 9.59 Å². The fraction of sp³-hybridized carbons (Fsp3) is 0.333. The predicted molar refractivity (Wildman–Crippen MR) is 106 cm³/mol. The standard InChI is InChI=1S/C21H26N2O5/c1-15(2)14-28-18-8-6-16(11-19(18)26-3)7-9-20(24)23-13-21(25)22-12-17-5-4-10-27-17/h4-11,15H,12-14H2,1-3H3,(H,22,25)(H,23,24)/b9-7+. The highest BCUT2D eigenvalue weighted by Gasteiger charge is 2.07. The van der Waals surface area contributed by atoms with Crippen LogP contribution in [0.25, 0.3) is 6.08 Å². The zero-order valence-electron chi connectivity index (χ0n) is 16.4. The van der Waals surface area contributed by atoms with Gasteiger partial charge in [0, 0.05) is 6.08 Å². The van der Waals surface area contributed by atoms with Crippen LogP contribution in [0.1, 0.15) is 25.2 Å². The molecule has 28 heavy (non-hydrogen) atoms. The smallest absolute Gasteiger partial charge is 0.244 e. The Bertz CT molecular complexity index is 797. The summed E-state index contributed by atoms with van der Waals surface area (Å²) >= 11 is 0. The molecule has 1 aromatic heterocycles. The van der Waals surface area contributed by atoms with Gasteiger partial charge in [-0.25, -0.2) is 0 Å². The summed E-state index contributed by atoms with van der Waals surface area (Å²) in [6, 6.07) is 8.93. The van der Waals surface area contributed by atoms with Crippen LogP contribution in [0.5, 0.6) is 11.5 Å². The lowest BCUT2D eigenvalue weighted by molar-refractivity contribution is -0.124. The first kappa shape index (κ1) is 21.1. The summed E-state index contributed by atoms with van der Waals surface area (Å²) in [7, 11) is 1.57. The molecule has 150 valence electrons. The molecular formula is C21H26N2O5. The molecule has 0 saturated carbocycles. The first-order valence-corrected chi connectivity index (χ1v) is 9.03. The summed E-state index contributed by atoms with van der Waals surface area (Å²) in [6.45, 7) is 4.90. The third-order valence-electron chi connectivity index (χ3n) is 3.65. The SMILES string of the molecule is COc1cc(/C=C/C(=O)NCC(=O)NCc2ccco2)ccc1OCC(C)C. The van der Waals surface area contributed by atoms with Crippen LogP contribution in [0.3, 0.4) is 0 Å². The van der Waals surface area contributed by atoms with Crippen LogP contribution in [0.2, 0.25) is 0 Å². The number of hydrogen-bond donors (Lipinski definition) is 2. The first-order chi connectivity index (χ1) is 13.5. The monoisotopic (exact) mass is 386 g/mol. The highest BCUT2D eigenvalue weighted by Crippen LogP contribution is 2.28. The van der Waals surface area contributed by atoms with Gasteiger partial charge in [-0.1, -0.05) is 19.9 Å². The van der Waals surface area contributed by atoms with Crippen LogP contribution in [-0.2, 0) is 16.1 Å². The van der Waals surface area contributed by atoms with Crippen molar-refractivity contribution in [1.29, 1.82) is 0 Å². The van der Waals surface area contributed by atoms with Crippen LogP contribution < -0.4 is 20.1 Å². The molecule has 2 amide bonds. The zero-order valence-corrected chi connectivity index (χ0v) is 16.4. The number of rotatable bonds is 10. The molecule has 1 heterocycles. The van der Waals surface area contributed by atoms with E-state index < -0.39 is 0 Å². The third-order valence-corrected chi connectivity index (χ3v) is 3.65. The summed E-state index contributed by atoms with van der Waals surface area (Å²) in [5.74, 6) is 1.64. The number of nitrogens with one attached hydrogen (secondary N) is 2. The second kappa shape index (κ2) is 10.8. The average molecular weight is 386 g/mol. The fourth-order valence-electron chi connectivity index (χ4n) is 2.22. The van der Waals surface area contributed by atoms with E-state index in [1.807, 2.05) is 6.07 Å². The van der Waals surface area contributed by atoms with Crippen molar-refractivity contribution in [3.63, 3.8) is 0 Å². The van der Waals surface area contributed by atoms with Gasteiger partial charge >= 0.3 is 0 Å². The number of methoxy groups -OCH3 is 1. The molecule has 0 bridgehead atoms. The van der Waals surface area contributed by atoms with Gasteiger partial charge in [0.2, 0.25) is 11.8 Å². The Labute approximate surface area is 164 Å². The fourth-order valence-corrected chi connectivity index (χ4v) is 2.22. The number of ether oxygens (including phenoxy) is 2. The van der Waals surface area contributed by atoms with E-state index in [1.165, 1.54) is 12.3 Å². The Kier molecular flexibility index (Phi) is 8.14. The maximum absolute atomic E-state index is 11.9. The molecular weight excluding hydrogens is 360 g/mol. The second-order valence-electron chi connectivity index (χ2n) is 6.52. The number of carbonyl (C=O) groups excluding carboxylic acids is 2. The van der Waals surface area contributed by atoms with Crippen LogP contribution >= 0.6 is 0 Å². The van der Waals surface area contributed by atoms with E-state index in [1.54, 1.807) is 37.5 Å². The normalized spacial score (nSPS) is 10.9. The highest BCUT2D eigenvalue weighted by molar-refractivity contribution is 5.94. The molecule has 0 saturated heterocycles. The number of hydrogen-bond acceptors (Lipinski definition) is 5. The van der Waals surface area contributed by atoms with Crippen LogP contribution in [0.4, 0.5) is 0 Å². The molecule has 1 aromatic carbocycles. The Balaban J connectivity index is 1.81. The molecule has 0 aliphatic rings. The van der Waals surface area contributed by atoms with Crippen molar-refractivity contribution in [2.75, 3.05) is 20.3 Å². The molecule has 0 radical (unpaired) electrons. The number of benzene rings is 1. The average Bonchev–Trinajstić information content (AvgIpc) is 3.21. The zero-order chi connectivity index (χ0) is 20.4. The highest BCUT2D eigenvalue weighted by atomic mass is 16.5. The minimum Gasteiger partial charge on any atom is -0.493 e. The second-order valence-corrected chi connectivity index (χ2v) is 6.52. The van der Waals surface area contributed by atoms with E-state index >= 15 is 0 Å². The van der Waals surface area contributed by atoms with Crippen molar-refractivity contribution in [2.45, 2.75) is 20.4 Å². The van der Waals surface area contributed by atoms with Gasteiger partial charge < -0.3 is 24.5 Å². The van der Waals surface area contributed by atoms with E-state index in [9.17, 15) is 9.59 Å². The Morgan fingerprint density at radius 2 is 2.00 bits per heavy atom. The molecule has 0 unspecified atom stereocenters. The van der Waals surface area contributed by atoms with Crippen LogP contribution in [0.15, 0.2) is 47.1 Å². The maximum Gasteiger partial charge on any atom is 0.244 e. The van der Waals surface area contributed by atoms with Crippen molar-refractivity contribution in [2.24, 2.45) is 5.92 Å². The van der Waals surface area contributed by atoms with Gasteiger partial charge in [-0.2, -0.15) is 0 Å². The van der Waals surface area contributed by atoms with Crippen molar-refractivity contribution in [3.05, 3.63) is 54.0 Å². The number of amides is 2. The molecule has 0 aliphatic heterocycles. The quantitative estimate of drug-likeness (QED) is 0.613. The summed E-state index contributed by atoms with van der Waals surface area (Å²) < 4.78 is 16.2. The maximum atomic E-state index is 11.9. The lowest BCUT2D eigenvalue weighted by atomic mass is 10.2. The van der Waals surface area contributed by atoms with E-state index in [0.717, 1.165) is 5.56 Å². The topological polar surface area (TPSA) is 89.8 Å². The predicted octanol–water partition coefficient (Wildman–Crippen LogP) is 2.77. The largest absolute Gasteiger partial charge is 0.493 e. The molecule has 7 heteroatoms. The van der Waals surface area contributed by atoms with Gasteiger partial charge in [0.15, 0.2) is 11.5 Å². The summed E-state index contributed by atoms with van der Waals surface area (Å²) in [5.41, 5.74) is 0.783. The van der Waals surface area contributed by atoms with Gasteiger partial charge in [0.1, 0.15) is 5.76 Å². The molecule has 0 aliphatic carbocycles. The van der Waals surface area contributed by atoms with Gasteiger partial charge in [0.05, 0.1) is 33.1 Å². The third kappa shape index (κ3) is 7.19. The summed E-state index contributed by atoms with van der Waals surface area (Å²) in [5, 5.41) is 5.18. The first-order valence-electron chi connectivity index (χ1n) is 9.03. The van der Waals surface area contributed by atoms with Crippen molar-refractivity contribution in [1.82, 2.24) is 10.6 Å². The lowest BCUT2D eigenvalue weighted by Gasteiger charge is -2.12. The lowest BCUT2D eigenvalue weighted by Crippen LogP contribution is -2.35. The van der Waals surface area contributed by atoms with E-state index in [4.69, 9.17) is 13.9 Å². The van der Waals surface area contributed by atoms with Crippen LogP contribution in [0, 0.1) is 5.92 Å². The molecule has 7 nitrogen and oxygen atoms in total.